The molecule has 0 radical (unpaired) electrons. The van der Waals surface area contributed by atoms with Crippen molar-refractivity contribution >= 4 is 5.78 Å². The van der Waals surface area contributed by atoms with Crippen LogP contribution in [0, 0.1) is 25.2 Å². The zero-order valence-electron chi connectivity index (χ0n) is 9.50. The lowest BCUT2D eigenvalue weighted by Crippen LogP contribution is -2.18. The van der Waals surface area contributed by atoms with E-state index in [0.717, 1.165) is 0 Å². The minimum absolute atomic E-state index is 0.255. The van der Waals surface area contributed by atoms with E-state index in [1.807, 2.05) is 13.8 Å². The molecule has 0 amide bonds. The first-order chi connectivity index (χ1) is 6.39. The minimum Gasteiger partial charge on any atom is -0.378 e. The summed E-state index contributed by atoms with van der Waals surface area (Å²) in [6.45, 7) is 6.90. The molecule has 0 heterocycles. The van der Waals surface area contributed by atoms with Gasteiger partial charge in [-0.1, -0.05) is 19.8 Å². The van der Waals surface area contributed by atoms with Gasteiger partial charge in [0.1, 0.15) is 11.4 Å². The first-order valence-electron chi connectivity index (χ1n) is 4.42. The Bertz CT molecular complexity index is 194. The van der Waals surface area contributed by atoms with Crippen molar-refractivity contribution in [3.05, 3.63) is 0 Å². The van der Waals surface area contributed by atoms with Crippen molar-refractivity contribution in [1.29, 1.82) is 0 Å². The molecule has 0 bridgehead atoms. The van der Waals surface area contributed by atoms with Crippen LogP contribution >= 0.6 is 0 Å². The molecule has 0 aliphatic carbocycles. The highest BCUT2D eigenvalue weighted by Gasteiger charge is 2.10. The summed E-state index contributed by atoms with van der Waals surface area (Å²) in [7, 11) is 0. The van der Waals surface area contributed by atoms with Gasteiger partial charge < -0.3 is 9.90 Å². The molecule has 0 saturated carbocycles. The Kier molecular flexibility index (Phi) is 15.5. The number of terminal acetylenes is 2. The summed E-state index contributed by atoms with van der Waals surface area (Å²) in [6.07, 6.45) is 14.2. The van der Waals surface area contributed by atoms with Crippen LogP contribution < -0.4 is 0 Å². The normalized spacial score (nSPS) is 11.6. The summed E-state index contributed by atoms with van der Waals surface area (Å²) < 4.78 is 0. The lowest BCUT2D eigenvalue weighted by molar-refractivity contribution is -0.116. The summed E-state index contributed by atoms with van der Waals surface area (Å²) in [5.41, 5.74) is -0.889. The summed E-state index contributed by atoms with van der Waals surface area (Å²) in [5.74, 6) is 2.50. The van der Waals surface area contributed by atoms with E-state index >= 15 is 0 Å². The quantitative estimate of drug-likeness (QED) is 0.686. The molecule has 1 unspecified atom stereocenters. The van der Waals surface area contributed by atoms with Gasteiger partial charge in [-0.15, -0.1) is 19.3 Å². The molecule has 0 aliphatic heterocycles. The smallest absolute Gasteiger partial charge is 0.129 e. The van der Waals surface area contributed by atoms with Crippen LogP contribution in [0.4, 0.5) is 0 Å². The van der Waals surface area contributed by atoms with Crippen molar-refractivity contribution in [3.8, 4) is 25.2 Å². The van der Waals surface area contributed by atoms with Crippen molar-refractivity contribution in [2.45, 2.75) is 46.1 Å². The van der Waals surface area contributed by atoms with E-state index in [1.165, 1.54) is 0 Å². The molecule has 1 N–H and O–H groups in total. The summed E-state index contributed by atoms with van der Waals surface area (Å²) in [4.78, 5) is 9.81. The fourth-order valence-corrected chi connectivity index (χ4v) is 0.102. The van der Waals surface area contributed by atoms with Gasteiger partial charge in [-0.05, 0) is 20.3 Å². The molecule has 80 valence electrons. The molecular weight excluding hydrogens is 176 g/mol. The second-order valence-corrected chi connectivity index (χ2v) is 2.83. The van der Waals surface area contributed by atoms with Gasteiger partial charge in [-0.3, -0.25) is 0 Å². The van der Waals surface area contributed by atoms with E-state index in [4.69, 9.17) is 11.5 Å². The Labute approximate surface area is 87.7 Å². The number of Topliss-reactive ketones (excluding diaryl/α,β-unsaturated/α-hetero) is 1. The molecule has 2 nitrogen and oxygen atoms in total. The summed E-state index contributed by atoms with van der Waals surface area (Å²) in [5, 5.41) is 8.90. The van der Waals surface area contributed by atoms with E-state index in [9.17, 15) is 4.79 Å². The Morgan fingerprint density at radius 3 is 1.71 bits per heavy atom. The van der Waals surface area contributed by atoms with Crippen LogP contribution in [0.5, 0.6) is 0 Å². The Hall–Kier alpha value is -1.25. The second kappa shape index (κ2) is 11.8. The highest BCUT2D eigenvalue weighted by Crippen LogP contribution is 2.03. The number of ketones is 1. The largest absolute Gasteiger partial charge is 0.378 e. The highest BCUT2D eigenvalue weighted by atomic mass is 16.3. The maximum atomic E-state index is 9.81. The monoisotopic (exact) mass is 196 g/mol. The Balaban J connectivity index is -0.000000152. The van der Waals surface area contributed by atoms with Gasteiger partial charge >= 0.3 is 0 Å². The van der Waals surface area contributed by atoms with E-state index in [-0.39, 0.29) is 5.78 Å². The number of carbonyl (C=O) groups is 1. The number of hydrogen-bond acceptors (Lipinski definition) is 2. The fraction of sp³-hybridized carbons (Fsp3) is 0.583. The average molecular weight is 196 g/mol. The van der Waals surface area contributed by atoms with Gasteiger partial charge in [-0.2, -0.15) is 0 Å². The van der Waals surface area contributed by atoms with Crippen LogP contribution in [0.3, 0.4) is 0 Å². The first kappa shape index (κ1) is 18.5. The third-order valence-corrected chi connectivity index (χ3v) is 1.50. The topological polar surface area (TPSA) is 37.3 Å². The Morgan fingerprint density at radius 2 is 1.71 bits per heavy atom. The molecule has 1 atom stereocenters. The zero-order valence-corrected chi connectivity index (χ0v) is 9.50. The van der Waals surface area contributed by atoms with Gasteiger partial charge in [0.2, 0.25) is 0 Å². The van der Waals surface area contributed by atoms with Crippen LogP contribution in [0.15, 0.2) is 0 Å². The molecule has 0 fully saturated rings. The van der Waals surface area contributed by atoms with Gasteiger partial charge in [-0.25, -0.2) is 0 Å². The third-order valence-electron chi connectivity index (χ3n) is 1.50. The predicted molar refractivity (Wildman–Crippen MR) is 60.6 cm³/mol. The van der Waals surface area contributed by atoms with Crippen LogP contribution in [0.1, 0.15) is 40.5 Å². The van der Waals surface area contributed by atoms with Gasteiger partial charge in [0.25, 0.3) is 0 Å². The number of rotatable bonds is 2. The molecule has 0 spiro atoms. The van der Waals surface area contributed by atoms with Crippen molar-refractivity contribution in [1.82, 2.24) is 0 Å². The number of hydrogen-bond donors (Lipinski definition) is 1. The lowest BCUT2D eigenvalue weighted by atomic mass is 10.1. The molecule has 0 aliphatic rings. The minimum atomic E-state index is -0.889. The standard InChI is InChI=1S/C6H10O.C4H8O.C2H2/c1-4-6(3,7)5-2;1-3-4(2)5;1-2/h1,7H,5H2,2-3H3;3H2,1-2H3;1-2H. The van der Waals surface area contributed by atoms with E-state index < -0.39 is 5.60 Å². The Morgan fingerprint density at radius 1 is 1.43 bits per heavy atom. The maximum Gasteiger partial charge on any atom is 0.129 e. The van der Waals surface area contributed by atoms with E-state index in [0.29, 0.717) is 12.8 Å². The lowest BCUT2D eigenvalue weighted by Gasteiger charge is -2.10. The molecule has 14 heavy (non-hydrogen) atoms. The fourth-order valence-electron chi connectivity index (χ4n) is 0.102. The van der Waals surface area contributed by atoms with Crippen molar-refractivity contribution in [2.75, 3.05) is 0 Å². The summed E-state index contributed by atoms with van der Waals surface area (Å²) in [6, 6.07) is 0. The van der Waals surface area contributed by atoms with Gasteiger partial charge in [0.15, 0.2) is 0 Å². The molecular formula is C12H20O2. The van der Waals surface area contributed by atoms with Crippen LogP contribution in [-0.4, -0.2) is 16.5 Å². The van der Waals surface area contributed by atoms with Crippen molar-refractivity contribution in [2.24, 2.45) is 0 Å². The zero-order chi connectivity index (χ0) is 12.2. The molecule has 0 rings (SSSR count). The molecule has 0 aromatic carbocycles. The van der Waals surface area contributed by atoms with E-state index in [1.54, 1.807) is 13.8 Å². The highest BCUT2D eigenvalue weighted by molar-refractivity contribution is 5.74. The third kappa shape index (κ3) is 22.4. The van der Waals surface area contributed by atoms with Gasteiger partial charge in [0, 0.05) is 6.42 Å². The molecule has 2 heteroatoms. The van der Waals surface area contributed by atoms with Crippen LogP contribution in [-0.2, 0) is 4.79 Å². The van der Waals surface area contributed by atoms with Crippen LogP contribution in [0.2, 0.25) is 0 Å². The molecule has 0 aromatic rings. The second-order valence-electron chi connectivity index (χ2n) is 2.83. The summed E-state index contributed by atoms with van der Waals surface area (Å²) >= 11 is 0. The average Bonchev–Trinajstić information content (AvgIpc) is 2.21. The molecule has 0 saturated heterocycles. The van der Waals surface area contributed by atoms with Crippen molar-refractivity contribution < 1.29 is 9.90 Å². The van der Waals surface area contributed by atoms with E-state index in [2.05, 4.69) is 18.8 Å². The SMILES string of the molecule is C#C.C#CC(C)(O)CC.CCC(C)=O. The van der Waals surface area contributed by atoms with Crippen molar-refractivity contribution in [3.63, 3.8) is 0 Å². The number of aliphatic hydroxyl groups is 1. The first-order valence-corrected chi connectivity index (χ1v) is 4.42. The maximum absolute atomic E-state index is 9.81. The predicted octanol–water partition coefficient (Wildman–Crippen LogP) is 2.02. The van der Waals surface area contributed by atoms with Crippen LogP contribution in [0.25, 0.3) is 0 Å². The van der Waals surface area contributed by atoms with Gasteiger partial charge in [0.05, 0.1) is 0 Å². The number of carbonyl (C=O) groups excluding carboxylic acids is 1. The molecule has 0 aromatic heterocycles.